The Bertz CT molecular complexity index is 843. The van der Waals surface area contributed by atoms with E-state index in [1.807, 2.05) is 17.0 Å². The van der Waals surface area contributed by atoms with Gasteiger partial charge >= 0.3 is 0 Å². The lowest BCUT2D eigenvalue weighted by Crippen LogP contribution is -2.25. The van der Waals surface area contributed by atoms with Crippen LogP contribution in [0.4, 0.5) is 11.4 Å². The topological polar surface area (TPSA) is 84.7 Å². The Morgan fingerprint density at radius 2 is 2.15 bits per heavy atom. The summed E-state index contributed by atoms with van der Waals surface area (Å²) < 4.78 is 5.93. The molecule has 1 heterocycles. The van der Waals surface area contributed by atoms with Gasteiger partial charge in [-0.15, -0.1) is 0 Å². The van der Waals surface area contributed by atoms with Crippen LogP contribution in [0, 0.1) is 10.1 Å². The molecule has 1 saturated heterocycles. The van der Waals surface area contributed by atoms with Crippen LogP contribution in [-0.2, 0) is 0 Å². The highest BCUT2D eigenvalue weighted by atomic mass is 35.5. The van der Waals surface area contributed by atoms with Gasteiger partial charge in [0.25, 0.3) is 11.6 Å². The minimum Gasteiger partial charge on any atom is -0.488 e. The largest absolute Gasteiger partial charge is 0.488 e. The first-order valence-corrected chi connectivity index (χ1v) is 8.53. The van der Waals surface area contributed by atoms with Crippen molar-refractivity contribution < 1.29 is 14.5 Å². The maximum absolute atomic E-state index is 11.7. The fraction of sp³-hybridized carbons (Fsp3) is 0.278. The van der Waals surface area contributed by atoms with E-state index >= 15 is 0 Å². The standard InChI is InChI=1S/C18H18ClN3O4/c1-20-18(23)12-5-6-16(17(9-12)22(24)25)21-8-7-15(11-21)26-14-4-2-3-13(19)10-14/h2-6,9-10,15H,7-8,11H2,1H3,(H,20,23). The highest BCUT2D eigenvalue weighted by Gasteiger charge is 2.29. The van der Waals surface area contributed by atoms with Crippen LogP contribution in [0.1, 0.15) is 16.8 Å². The van der Waals surface area contributed by atoms with Crippen LogP contribution in [0.25, 0.3) is 0 Å². The maximum atomic E-state index is 11.7. The lowest BCUT2D eigenvalue weighted by atomic mass is 10.1. The monoisotopic (exact) mass is 375 g/mol. The SMILES string of the molecule is CNC(=O)c1ccc(N2CCC(Oc3cccc(Cl)c3)C2)c([N+](=O)[O-])c1. The second kappa shape index (κ2) is 7.61. The number of amides is 1. The van der Waals surface area contributed by atoms with Gasteiger partial charge in [0, 0.05) is 36.7 Å². The number of hydrogen-bond acceptors (Lipinski definition) is 5. The van der Waals surface area contributed by atoms with E-state index in [-0.39, 0.29) is 23.3 Å². The van der Waals surface area contributed by atoms with Crippen molar-refractivity contribution in [2.45, 2.75) is 12.5 Å². The number of carbonyl (C=O) groups is 1. The molecule has 7 nitrogen and oxygen atoms in total. The number of benzene rings is 2. The number of carbonyl (C=O) groups excluding carboxylic acids is 1. The zero-order chi connectivity index (χ0) is 18.7. The minimum absolute atomic E-state index is 0.0884. The van der Waals surface area contributed by atoms with Gasteiger partial charge in [0.2, 0.25) is 0 Å². The summed E-state index contributed by atoms with van der Waals surface area (Å²) in [5.41, 5.74) is 0.656. The molecular weight excluding hydrogens is 358 g/mol. The quantitative estimate of drug-likeness (QED) is 0.640. The summed E-state index contributed by atoms with van der Waals surface area (Å²) in [5.74, 6) is 0.317. The molecule has 136 valence electrons. The predicted molar refractivity (Wildman–Crippen MR) is 99.2 cm³/mol. The molecule has 8 heteroatoms. The Hall–Kier alpha value is -2.80. The van der Waals surface area contributed by atoms with Crippen molar-refractivity contribution in [1.82, 2.24) is 5.32 Å². The number of nitrogens with one attached hydrogen (secondary N) is 1. The van der Waals surface area contributed by atoms with Crippen molar-refractivity contribution >= 4 is 28.9 Å². The van der Waals surface area contributed by atoms with E-state index < -0.39 is 4.92 Å². The molecule has 0 bridgehead atoms. The lowest BCUT2D eigenvalue weighted by Gasteiger charge is -2.19. The molecule has 1 amide bonds. The van der Waals surface area contributed by atoms with Crippen molar-refractivity contribution in [2.24, 2.45) is 0 Å². The molecule has 1 aliphatic heterocycles. The third-order valence-electron chi connectivity index (χ3n) is 4.25. The predicted octanol–water partition coefficient (Wildman–Crippen LogP) is 3.27. The Morgan fingerprint density at radius 3 is 2.85 bits per heavy atom. The maximum Gasteiger partial charge on any atom is 0.293 e. The van der Waals surface area contributed by atoms with E-state index in [0.29, 0.717) is 29.5 Å². The van der Waals surface area contributed by atoms with Gasteiger partial charge in [-0.3, -0.25) is 14.9 Å². The Labute approximate surface area is 155 Å². The van der Waals surface area contributed by atoms with Crippen molar-refractivity contribution in [2.75, 3.05) is 25.0 Å². The van der Waals surface area contributed by atoms with E-state index in [4.69, 9.17) is 16.3 Å². The van der Waals surface area contributed by atoms with E-state index in [9.17, 15) is 14.9 Å². The molecule has 3 rings (SSSR count). The fourth-order valence-corrected chi connectivity index (χ4v) is 3.18. The van der Waals surface area contributed by atoms with Gasteiger partial charge in [-0.05, 0) is 30.3 Å². The number of anilines is 1. The lowest BCUT2D eigenvalue weighted by molar-refractivity contribution is -0.384. The summed E-state index contributed by atoms with van der Waals surface area (Å²) in [6.07, 6.45) is 0.646. The molecule has 1 fully saturated rings. The number of hydrogen-bond donors (Lipinski definition) is 1. The molecule has 0 aromatic heterocycles. The van der Waals surface area contributed by atoms with Crippen LogP contribution in [0.5, 0.6) is 5.75 Å². The van der Waals surface area contributed by atoms with Gasteiger partial charge in [0.1, 0.15) is 17.5 Å². The summed E-state index contributed by atoms with van der Waals surface area (Å²) in [4.78, 5) is 24.6. The third-order valence-corrected chi connectivity index (χ3v) is 4.48. The average Bonchev–Trinajstić information content (AvgIpc) is 3.08. The van der Waals surface area contributed by atoms with Gasteiger partial charge in [-0.1, -0.05) is 17.7 Å². The Kier molecular flexibility index (Phi) is 5.27. The van der Waals surface area contributed by atoms with E-state index in [1.54, 1.807) is 24.3 Å². The summed E-state index contributed by atoms with van der Waals surface area (Å²) >= 11 is 5.96. The highest BCUT2D eigenvalue weighted by molar-refractivity contribution is 6.30. The van der Waals surface area contributed by atoms with E-state index in [0.717, 1.165) is 6.42 Å². The van der Waals surface area contributed by atoms with Gasteiger partial charge in [-0.2, -0.15) is 0 Å². The van der Waals surface area contributed by atoms with Crippen molar-refractivity contribution in [3.05, 3.63) is 63.2 Å². The number of ether oxygens (including phenoxy) is 1. The molecule has 1 N–H and O–H groups in total. The molecule has 26 heavy (non-hydrogen) atoms. The summed E-state index contributed by atoms with van der Waals surface area (Å²) in [7, 11) is 1.49. The molecule has 0 radical (unpaired) electrons. The van der Waals surface area contributed by atoms with E-state index in [1.165, 1.54) is 13.1 Å². The Morgan fingerprint density at radius 1 is 1.35 bits per heavy atom. The summed E-state index contributed by atoms with van der Waals surface area (Å²) in [5, 5.41) is 14.5. The number of nitro groups is 1. The number of halogens is 1. The molecule has 1 aliphatic rings. The minimum atomic E-state index is -0.465. The summed E-state index contributed by atoms with van der Waals surface area (Å²) in [6, 6.07) is 11.7. The zero-order valence-electron chi connectivity index (χ0n) is 14.1. The molecule has 0 spiro atoms. The molecular formula is C18H18ClN3O4. The van der Waals surface area contributed by atoms with Crippen LogP contribution in [0.2, 0.25) is 5.02 Å². The van der Waals surface area contributed by atoms with Gasteiger partial charge in [-0.25, -0.2) is 0 Å². The van der Waals surface area contributed by atoms with E-state index in [2.05, 4.69) is 5.32 Å². The van der Waals surface area contributed by atoms with Crippen LogP contribution in [0.15, 0.2) is 42.5 Å². The molecule has 0 saturated carbocycles. The molecule has 2 aromatic rings. The van der Waals surface area contributed by atoms with Gasteiger partial charge < -0.3 is 15.0 Å². The second-order valence-electron chi connectivity index (χ2n) is 5.97. The normalized spacial score (nSPS) is 16.4. The highest BCUT2D eigenvalue weighted by Crippen LogP contribution is 2.32. The average molecular weight is 376 g/mol. The second-order valence-corrected chi connectivity index (χ2v) is 6.41. The first kappa shape index (κ1) is 18.0. The zero-order valence-corrected chi connectivity index (χ0v) is 14.9. The van der Waals surface area contributed by atoms with Crippen LogP contribution in [0.3, 0.4) is 0 Å². The fourth-order valence-electron chi connectivity index (χ4n) is 3.00. The first-order chi connectivity index (χ1) is 12.5. The Balaban J connectivity index is 1.77. The van der Waals surface area contributed by atoms with Crippen molar-refractivity contribution in [1.29, 1.82) is 0 Å². The smallest absolute Gasteiger partial charge is 0.293 e. The van der Waals surface area contributed by atoms with Crippen LogP contribution < -0.4 is 15.0 Å². The summed E-state index contributed by atoms with van der Waals surface area (Å²) in [6.45, 7) is 1.15. The molecule has 1 atom stereocenters. The van der Waals surface area contributed by atoms with Crippen molar-refractivity contribution in [3.8, 4) is 5.75 Å². The van der Waals surface area contributed by atoms with Crippen molar-refractivity contribution in [3.63, 3.8) is 0 Å². The van der Waals surface area contributed by atoms with Crippen LogP contribution in [-0.4, -0.2) is 37.1 Å². The molecule has 0 aliphatic carbocycles. The number of rotatable bonds is 5. The number of nitro benzene ring substituents is 1. The van der Waals surface area contributed by atoms with Gasteiger partial charge in [0.05, 0.1) is 11.5 Å². The first-order valence-electron chi connectivity index (χ1n) is 8.15. The van der Waals surface area contributed by atoms with Gasteiger partial charge in [0.15, 0.2) is 0 Å². The molecule has 1 unspecified atom stereocenters. The number of nitrogens with zero attached hydrogens (tertiary/aromatic N) is 2. The third kappa shape index (κ3) is 3.88. The van der Waals surface area contributed by atoms with Crippen LogP contribution >= 0.6 is 11.6 Å². The molecule has 2 aromatic carbocycles.